The zero-order valence-electron chi connectivity index (χ0n) is 11.3. The SMILES string of the molecule is CCCc1nnsc1C(N)c1ccc(OCC)cc1. The van der Waals surface area contributed by atoms with E-state index in [4.69, 9.17) is 10.5 Å². The van der Waals surface area contributed by atoms with Crippen LogP contribution in [0.25, 0.3) is 0 Å². The Morgan fingerprint density at radius 2 is 2.00 bits per heavy atom. The summed E-state index contributed by atoms with van der Waals surface area (Å²) in [5, 5.41) is 4.16. The van der Waals surface area contributed by atoms with Crippen molar-refractivity contribution in [2.45, 2.75) is 32.7 Å². The first-order valence-electron chi connectivity index (χ1n) is 6.55. The van der Waals surface area contributed by atoms with Gasteiger partial charge in [0.15, 0.2) is 0 Å². The van der Waals surface area contributed by atoms with E-state index in [-0.39, 0.29) is 6.04 Å². The highest BCUT2D eigenvalue weighted by atomic mass is 32.1. The summed E-state index contributed by atoms with van der Waals surface area (Å²) in [6, 6.07) is 7.76. The second-order valence-electron chi connectivity index (χ2n) is 4.31. The van der Waals surface area contributed by atoms with E-state index in [0.29, 0.717) is 6.61 Å². The van der Waals surface area contributed by atoms with Gasteiger partial charge in [-0.2, -0.15) is 0 Å². The van der Waals surface area contributed by atoms with Crippen molar-refractivity contribution in [1.82, 2.24) is 9.59 Å². The zero-order chi connectivity index (χ0) is 13.7. The molecule has 1 aromatic carbocycles. The molecule has 0 bridgehead atoms. The standard InChI is InChI=1S/C14H19N3OS/c1-3-5-12-14(19-17-16-12)13(15)10-6-8-11(9-7-10)18-4-2/h6-9,13H,3-5,15H2,1-2H3. The van der Waals surface area contributed by atoms with E-state index in [2.05, 4.69) is 16.5 Å². The fraction of sp³-hybridized carbons (Fsp3) is 0.429. The Labute approximate surface area is 117 Å². The zero-order valence-corrected chi connectivity index (χ0v) is 12.1. The molecule has 5 heteroatoms. The van der Waals surface area contributed by atoms with Gasteiger partial charge in [0.2, 0.25) is 0 Å². The molecule has 2 rings (SSSR count). The summed E-state index contributed by atoms with van der Waals surface area (Å²) in [6.45, 7) is 4.77. The Hall–Kier alpha value is -1.46. The molecule has 102 valence electrons. The minimum atomic E-state index is -0.155. The number of ether oxygens (including phenoxy) is 1. The maximum Gasteiger partial charge on any atom is 0.119 e. The fourth-order valence-electron chi connectivity index (χ4n) is 1.95. The summed E-state index contributed by atoms with van der Waals surface area (Å²) in [6.07, 6.45) is 1.98. The molecule has 0 saturated heterocycles. The van der Waals surface area contributed by atoms with Crippen molar-refractivity contribution in [1.29, 1.82) is 0 Å². The third kappa shape index (κ3) is 3.30. The molecular weight excluding hydrogens is 258 g/mol. The maximum absolute atomic E-state index is 6.31. The van der Waals surface area contributed by atoms with Gasteiger partial charge in [-0.05, 0) is 42.6 Å². The van der Waals surface area contributed by atoms with E-state index < -0.39 is 0 Å². The quantitative estimate of drug-likeness (QED) is 0.882. The predicted octanol–water partition coefficient (Wildman–Crippen LogP) is 2.94. The van der Waals surface area contributed by atoms with Gasteiger partial charge in [0, 0.05) is 0 Å². The first-order chi connectivity index (χ1) is 9.26. The van der Waals surface area contributed by atoms with Crippen LogP contribution in [0.4, 0.5) is 0 Å². The lowest BCUT2D eigenvalue weighted by Crippen LogP contribution is -2.12. The molecule has 1 heterocycles. The molecule has 0 aliphatic rings. The van der Waals surface area contributed by atoms with E-state index in [1.807, 2.05) is 31.2 Å². The number of aromatic nitrogens is 2. The molecule has 0 radical (unpaired) electrons. The Bertz CT molecular complexity index is 510. The molecule has 19 heavy (non-hydrogen) atoms. The van der Waals surface area contributed by atoms with Gasteiger partial charge >= 0.3 is 0 Å². The third-order valence-electron chi connectivity index (χ3n) is 2.90. The van der Waals surface area contributed by atoms with Crippen molar-refractivity contribution in [2.24, 2.45) is 5.73 Å². The molecule has 0 aliphatic heterocycles. The van der Waals surface area contributed by atoms with Crippen molar-refractivity contribution < 1.29 is 4.74 Å². The first kappa shape index (κ1) is 14.0. The van der Waals surface area contributed by atoms with Crippen molar-refractivity contribution in [3.05, 3.63) is 40.4 Å². The van der Waals surface area contributed by atoms with Crippen LogP contribution >= 0.6 is 11.5 Å². The molecule has 2 N–H and O–H groups in total. The average molecular weight is 277 g/mol. The van der Waals surface area contributed by atoms with Crippen LogP contribution in [0.2, 0.25) is 0 Å². The van der Waals surface area contributed by atoms with E-state index in [9.17, 15) is 0 Å². The van der Waals surface area contributed by atoms with Gasteiger partial charge in [0.05, 0.1) is 23.2 Å². The molecule has 1 unspecified atom stereocenters. The number of benzene rings is 1. The highest BCUT2D eigenvalue weighted by Crippen LogP contribution is 2.26. The maximum atomic E-state index is 6.31. The van der Waals surface area contributed by atoms with Gasteiger partial charge < -0.3 is 10.5 Å². The second kappa shape index (κ2) is 6.63. The summed E-state index contributed by atoms with van der Waals surface area (Å²) >= 11 is 1.39. The van der Waals surface area contributed by atoms with E-state index in [1.165, 1.54) is 11.5 Å². The summed E-state index contributed by atoms with van der Waals surface area (Å²) in [7, 11) is 0. The van der Waals surface area contributed by atoms with Gasteiger partial charge in [-0.1, -0.05) is 30.0 Å². The second-order valence-corrected chi connectivity index (χ2v) is 5.10. The number of nitrogens with two attached hydrogens (primary N) is 1. The van der Waals surface area contributed by atoms with Gasteiger partial charge in [0.1, 0.15) is 5.75 Å². The lowest BCUT2D eigenvalue weighted by atomic mass is 10.0. The third-order valence-corrected chi connectivity index (χ3v) is 3.75. The van der Waals surface area contributed by atoms with E-state index in [1.54, 1.807) is 0 Å². The molecule has 0 aliphatic carbocycles. The minimum absolute atomic E-state index is 0.155. The lowest BCUT2D eigenvalue weighted by Gasteiger charge is -2.12. The van der Waals surface area contributed by atoms with Crippen molar-refractivity contribution in [3.8, 4) is 5.75 Å². The Morgan fingerprint density at radius 1 is 1.26 bits per heavy atom. The molecule has 0 fully saturated rings. The summed E-state index contributed by atoms with van der Waals surface area (Å²) in [5.41, 5.74) is 8.39. The fourth-order valence-corrected chi connectivity index (χ4v) is 2.68. The molecule has 1 atom stereocenters. The summed E-state index contributed by atoms with van der Waals surface area (Å²) < 4.78 is 9.45. The van der Waals surface area contributed by atoms with Crippen molar-refractivity contribution >= 4 is 11.5 Å². The highest BCUT2D eigenvalue weighted by molar-refractivity contribution is 7.05. The van der Waals surface area contributed by atoms with Crippen LogP contribution in [0.5, 0.6) is 5.75 Å². The Morgan fingerprint density at radius 3 is 2.63 bits per heavy atom. The minimum Gasteiger partial charge on any atom is -0.494 e. The lowest BCUT2D eigenvalue weighted by molar-refractivity contribution is 0.340. The predicted molar refractivity (Wildman–Crippen MR) is 77.5 cm³/mol. The molecule has 1 aromatic heterocycles. The summed E-state index contributed by atoms with van der Waals surface area (Å²) in [5.74, 6) is 0.870. The van der Waals surface area contributed by atoms with Crippen LogP contribution in [0, 0.1) is 0 Å². The van der Waals surface area contributed by atoms with Crippen LogP contribution in [0.3, 0.4) is 0 Å². The van der Waals surface area contributed by atoms with E-state index in [0.717, 1.165) is 34.7 Å². The molecule has 0 saturated carbocycles. The van der Waals surface area contributed by atoms with Gasteiger partial charge in [-0.15, -0.1) is 5.10 Å². The van der Waals surface area contributed by atoms with Crippen LogP contribution in [0.1, 0.15) is 42.4 Å². The average Bonchev–Trinajstić information content (AvgIpc) is 2.88. The van der Waals surface area contributed by atoms with Gasteiger partial charge in [-0.25, -0.2) is 0 Å². The topological polar surface area (TPSA) is 61.0 Å². The van der Waals surface area contributed by atoms with Crippen LogP contribution in [-0.4, -0.2) is 16.2 Å². The van der Waals surface area contributed by atoms with Gasteiger partial charge in [0.25, 0.3) is 0 Å². The first-order valence-corrected chi connectivity index (χ1v) is 7.33. The highest BCUT2D eigenvalue weighted by Gasteiger charge is 2.16. The normalized spacial score (nSPS) is 12.4. The number of hydrogen-bond acceptors (Lipinski definition) is 5. The Kier molecular flexibility index (Phi) is 4.87. The van der Waals surface area contributed by atoms with Gasteiger partial charge in [-0.3, -0.25) is 0 Å². The largest absolute Gasteiger partial charge is 0.494 e. The van der Waals surface area contributed by atoms with Crippen LogP contribution in [0.15, 0.2) is 24.3 Å². The number of nitrogens with zero attached hydrogens (tertiary/aromatic N) is 2. The van der Waals surface area contributed by atoms with E-state index >= 15 is 0 Å². The smallest absolute Gasteiger partial charge is 0.119 e. The van der Waals surface area contributed by atoms with Crippen LogP contribution in [-0.2, 0) is 6.42 Å². The molecule has 2 aromatic rings. The summed E-state index contributed by atoms with van der Waals surface area (Å²) in [4.78, 5) is 1.06. The number of aryl methyl sites for hydroxylation is 1. The molecular formula is C14H19N3OS. The molecule has 0 spiro atoms. The number of rotatable bonds is 6. The monoisotopic (exact) mass is 277 g/mol. The van der Waals surface area contributed by atoms with Crippen molar-refractivity contribution in [3.63, 3.8) is 0 Å². The number of hydrogen-bond donors (Lipinski definition) is 1. The van der Waals surface area contributed by atoms with Crippen molar-refractivity contribution in [2.75, 3.05) is 6.61 Å². The molecule has 0 amide bonds. The van der Waals surface area contributed by atoms with Crippen LogP contribution < -0.4 is 10.5 Å². The molecule has 4 nitrogen and oxygen atoms in total. The Balaban J connectivity index is 2.18.